The largest absolute Gasteiger partial charge is 0.573 e. The van der Waals surface area contributed by atoms with Gasteiger partial charge >= 0.3 is 6.36 Å². The van der Waals surface area contributed by atoms with E-state index in [0.29, 0.717) is 0 Å². The minimum absolute atomic E-state index is 0.0204. The fraction of sp³-hybridized carbons (Fsp3) is 0.176. The van der Waals surface area contributed by atoms with Crippen molar-refractivity contribution in [3.8, 4) is 11.8 Å². The lowest BCUT2D eigenvalue weighted by atomic mass is 10.2. The van der Waals surface area contributed by atoms with Crippen LogP contribution in [0.2, 0.25) is 0 Å². The van der Waals surface area contributed by atoms with Crippen molar-refractivity contribution in [1.82, 2.24) is 4.72 Å². The maximum atomic E-state index is 12.2. The lowest BCUT2D eigenvalue weighted by molar-refractivity contribution is -0.274. The third-order valence-corrected chi connectivity index (χ3v) is 4.78. The zero-order valence-corrected chi connectivity index (χ0v) is 15.0. The zero-order chi connectivity index (χ0) is 20.8. The number of nitriles is 1. The molecule has 7 nitrogen and oxygen atoms in total. The molecule has 2 aromatic carbocycles. The van der Waals surface area contributed by atoms with E-state index in [1.165, 1.54) is 36.4 Å². The quantitative estimate of drug-likeness (QED) is 0.679. The Labute approximate surface area is 158 Å². The standard InChI is InChI=1S/C17H14F3N3O4S/c18-17(19,20)27-14-6-4-13(5-7-14)23-16(24)12-2-8-15(9-3-12)28(25,26)22-11-1-10-21/h2-9,22H,1,11H2,(H,23,24). The van der Waals surface area contributed by atoms with Gasteiger partial charge in [0.15, 0.2) is 0 Å². The SMILES string of the molecule is N#CCCNS(=O)(=O)c1ccc(C(=O)Nc2ccc(OC(F)(F)F)cc2)cc1. The second kappa shape index (κ2) is 8.73. The normalized spacial score (nSPS) is 11.5. The number of nitrogens with one attached hydrogen (secondary N) is 2. The van der Waals surface area contributed by atoms with Crippen LogP contribution in [-0.2, 0) is 10.0 Å². The number of hydrogen-bond acceptors (Lipinski definition) is 5. The van der Waals surface area contributed by atoms with E-state index in [2.05, 4.69) is 14.8 Å². The van der Waals surface area contributed by atoms with Gasteiger partial charge < -0.3 is 10.1 Å². The number of carbonyl (C=O) groups excluding carboxylic acids is 1. The molecule has 11 heteroatoms. The Morgan fingerprint density at radius 2 is 1.68 bits per heavy atom. The van der Waals surface area contributed by atoms with E-state index in [1.807, 2.05) is 6.07 Å². The van der Waals surface area contributed by atoms with Gasteiger partial charge in [-0.15, -0.1) is 13.2 Å². The molecule has 0 aromatic heterocycles. The Hall–Kier alpha value is -3.10. The van der Waals surface area contributed by atoms with E-state index in [4.69, 9.17) is 5.26 Å². The molecule has 0 aliphatic carbocycles. The predicted molar refractivity (Wildman–Crippen MR) is 92.9 cm³/mol. The van der Waals surface area contributed by atoms with Gasteiger partial charge in [0, 0.05) is 24.2 Å². The van der Waals surface area contributed by atoms with Crippen molar-refractivity contribution in [2.75, 3.05) is 11.9 Å². The number of carbonyl (C=O) groups is 1. The highest BCUT2D eigenvalue weighted by Gasteiger charge is 2.31. The Kier molecular flexibility index (Phi) is 6.61. The summed E-state index contributed by atoms with van der Waals surface area (Å²) in [7, 11) is -3.79. The molecule has 28 heavy (non-hydrogen) atoms. The van der Waals surface area contributed by atoms with Crippen LogP contribution in [0, 0.1) is 11.3 Å². The molecule has 0 saturated carbocycles. The van der Waals surface area contributed by atoms with E-state index in [-0.39, 0.29) is 29.1 Å². The Balaban J connectivity index is 2.02. The zero-order valence-electron chi connectivity index (χ0n) is 14.2. The van der Waals surface area contributed by atoms with Crippen LogP contribution >= 0.6 is 0 Å². The molecule has 0 atom stereocenters. The lowest BCUT2D eigenvalue weighted by Gasteiger charge is -2.10. The molecule has 0 fully saturated rings. The van der Waals surface area contributed by atoms with Gasteiger partial charge in [0.2, 0.25) is 10.0 Å². The van der Waals surface area contributed by atoms with Gasteiger partial charge in [-0.25, -0.2) is 13.1 Å². The minimum atomic E-state index is -4.81. The first-order valence-corrected chi connectivity index (χ1v) is 9.23. The number of hydrogen-bond donors (Lipinski definition) is 2. The summed E-state index contributed by atoms with van der Waals surface area (Å²) in [6.07, 6.45) is -4.79. The summed E-state index contributed by atoms with van der Waals surface area (Å²) in [5.41, 5.74) is 0.376. The number of rotatable bonds is 7. The van der Waals surface area contributed by atoms with Crippen LogP contribution in [0.15, 0.2) is 53.4 Å². The number of benzene rings is 2. The topological polar surface area (TPSA) is 108 Å². The highest BCUT2D eigenvalue weighted by Crippen LogP contribution is 2.24. The van der Waals surface area contributed by atoms with Crippen LogP contribution in [0.5, 0.6) is 5.75 Å². The van der Waals surface area contributed by atoms with E-state index in [9.17, 15) is 26.4 Å². The van der Waals surface area contributed by atoms with Gasteiger partial charge in [0.25, 0.3) is 5.91 Å². The van der Waals surface area contributed by atoms with E-state index in [0.717, 1.165) is 12.1 Å². The summed E-state index contributed by atoms with van der Waals surface area (Å²) in [6, 6.07) is 11.4. The van der Waals surface area contributed by atoms with Crippen molar-refractivity contribution < 1.29 is 31.1 Å². The number of alkyl halides is 3. The predicted octanol–water partition coefficient (Wildman–Crippen LogP) is 3.03. The van der Waals surface area contributed by atoms with Gasteiger partial charge in [-0.3, -0.25) is 4.79 Å². The van der Waals surface area contributed by atoms with E-state index in [1.54, 1.807) is 0 Å². The van der Waals surface area contributed by atoms with Crippen LogP contribution in [0.4, 0.5) is 18.9 Å². The summed E-state index contributed by atoms with van der Waals surface area (Å²) in [4.78, 5) is 12.1. The number of ether oxygens (including phenoxy) is 1. The molecular weight excluding hydrogens is 399 g/mol. The van der Waals surface area contributed by atoms with Gasteiger partial charge in [-0.05, 0) is 48.5 Å². The molecule has 0 aliphatic heterocycles. The molecule has 1 amide bonds. The minimum Gasteiger partial charge on any atom is -0.406 e. The van der Waals surface area contributed by atoms with Crippen molar-refractivity contribution in [2.24, 2.45) is 0 Å². The molecule has 0 radical (unpaired) electrons. The lowest BCUT2D eigenvalue weighted by Crippen LogP contribution is -2.24. The molecule has 0 heterocycles. The van der Waals surface area contributed by atoms with Crippen molar-refractivity contribution in [2.45, 2.75) is 17.7 Å². The second-order valence-electron chi connectivity index (χ2n) is 5.36. The molecule has 2 aromatic rings. The molecule has 0 bridgehead atoms. The summed E-state index contributed by atoms with van der Waals surface area (Å²) in [5.74, 6) is -1.00. The summed E-state index contributed by atoms with van der Waals surface area (Å²) >= 11 is 0. The highest BCUT2D eigenvalue weighted by atomic mass is 32.2. The number of sulfonamides is 1. The summed E-state index contributed by atoms with van der Waals surface area (Å²) < 4.78 is 66.3. The van der Waals surface area contributed by atoms with Gasteiger partial charge in [-0.2, -0.15) is 5.26 Å². The maximum Gasteiger partial charge on any atom is 0.573 e. The van der Waals surface area contributed by atoms with Crippen LogP contribution in [0.1, 0.15) is 16.8 Å². The first kappa shape index (κ1) is 21.2. The highest BCUT2D eigenvalue weighted by molar-refractivity contribution is 7.89. The number of anilines is 1. The van der Waals surface area contributed by atoms with E-state index >= 15 is 0 Å². The molecule has 2 N–H and O–H groups in total. The fourth-order valence-corrected chi connectivity index (χ4v) is 3.09. The van der Waals surface area contributed by atoms with Crippen LogP contribution < -0.4 is 14.8 Å². The van der Waals surface area contributed by atoms with Crippen molar-refractivity contribution in [3.05, 3.63) is 54.1 Å². The Bertz CT molecular complexity index is 967. The number of halogens is 3. The van der Waals surface area contributed by atoms with Crippen LogP contribution in [-0.4, -0.2) is 27.2 Å². The molecule has 2 rings (SSSR count). The van der Waals surface area contributed by atoms with E-state index < -0.39 is 28.0 Å². The second-order valence-corrected chi connectivity index (χ2v) is 7.12. The maximum absolute atomic E-state index is 12.2. The fourth-order valence-electron chi connectivity index (χ4n) is 2.05. The monoisotopic (exact) mass is 413 g/mol. The molecule has 0 unspecified atom stereocenters. The third-order valence-electron chi connectivity index (χ3n) is 3.30. The average Bonchev–Trinajstić information content (AvgIpc) is 2.62. The van der Waals surface area contributed by atoms with Crippen molar-refractivity contribution in [1.29, 1.82) is 5.26 Å². The van der Waals surface area contributed by atoms with Crippen molar-refractivity contribution >= 4 is 21.6 Å². The summed E-state index contributed by atoms with van der Waals surface area (Å²) in [5, 5.41) is 10.9. The number of amides is 1. The van der Waals surface area contributed by atoms with Gasteiger partial charge in [-0.1, -0.05) is 0 Å². The van der Waals surface area contributed by atoms with Gasteiger partial charge in [0.1, 0.15) is 5.75 Å². The molecule has 0 spiro atoms. The third kappa shape index (κ3) is 6.26. The van der Waals surface area contributed by atoms with Crippen LogP contribution in [0.25, 0.3) is 0 Å². The van der Waals surface area contributed by atoms with Crippen molar-refractivity contribution in [3.63, 3.8) is 0 Å². The summed E-state index contributed by atoms with van der Waals surface area (Å²) in [6.45, 7) is -0.0326. The number of nitrogens with zero attached hydrogens (tertiary/aromatic N) is 1. The first-order chi connectivity index (χ1) is 13.1. The smallest absolute Gasteiger partial charge is 0.406 e. The average molecular weight is 413 g/mol. The Morgan fingerprint density at radius 1 is 1.07 bits per heavy atom. The molecule has 148 valence electrons. The molecule has 0 aliphatic rings. The molecule has 0 saturated heterocycles. The molecular formula is C17H14F3N3O4S. The Morgan fingerprint density at radius 3 is 2.21 bits per heavy atom. The van der Waals surface area contributed by atoms with Gasteiger partial charge in [0.05, 0.1) is 11.0 Å². The first-order valence-electron chi connectivity index (χ1n) is 7.74. The van der Waals surface area contributed by atoms with Crippen LogP contribution in [0.3, 0.4) is 0 Å².